The molecule has 1 saturated carbocycles. The Morgan fingerprint density at radius 2 is 2.27 bits per heavy atom. The Kier molecular flexibility index (Phi) is 2.77. The third-order valence-electron chi connectivity index (χ3n) is 2.14. The van der Waals surface area contributed by atoms with Gasteiger partial charge in [-0.1, -0.05) is 0 Å². The lowest BCUT2D eigenvalue weighted by molar-refractivity contribution is -0.149. The van der Waals surface area contributed by atoms with Crippen LogP contribution in [0.4, 0.5) is 0 Å². The molecule has 64 valence electrons. The van der Waals surface area contributed by atoms with Crippen molar-refractivity contribution in [2.45, 2.75) is 26.2 Å². The maximum atomic E-state index is 11.2. The molecule has 2 nitrogen and oxygen atoms in total. The molecule has 0 aliphatic heterocycles. The molecule has 0 heterocycles. The number of carbonyl (C=O) groups excluding carboxylic acids is 1. The summed E-state index contributed by atoms with van der Waals surface area (Å²) >= 11 is 5.56. The van der Waals surface area contributed by atoms with Crippen LogP contribution in [0.2, 0.25) is 0 Å². The maximum absolute atomic E-state index is 11.2. The van der Waals surface area contributed by atoms with Crippen LogP contribution in [-0.4, -0.2) is 18.5 Å². The molecule has 0 aromatic heterocycles. The van der Waals surface area contributed by atoms with Gasteiger partial charge in [-0.3, -0.25) is 4.79 Å². The first-order chi connectivity index (χ1) is 5.25. The van der Waals surface area contributed by atoms with Crippen LogP contribution in [-0.2, 0) is 9.53 Å². The second-order valence-corrected chi connectivity index (χ2v) is 3.32. The highest BCUT2D eigenvalue weighted by atomic mass is 35.5. The van der Waals surface area contributed by atoms with Crippen molar-refractivity contribution in [2.24, 2.45) is 5.41 Å². The zero-order valence-corrected chi connectivity index (χ0v) is 7.49. The van der Waals surface area contributed by atoms with Gasteiger partial charge in [-0.15, -0.1) is 11.6 Å². The molecule has 0 amide bonds. The number of alkyl halides is 1. The van der Waals surface area contributed by atoms with E-state index in [4.69, 9.17) is 16.3 Å². The third kappa shape index (κ3) is 1.86. The van der Waals surface area contributed by atoms with Crippen LogP contribution in [0.3, 0.4) is 0 Å². The van der Waals surface area contributed by atoms with Gasteiger partial charge < -0.3 is 4.74 Å². The van der Waals surface area contributed by atoms with E-state index < -0.39 is 0 Å². The molecule has 0 bridgehead atoms. The monoisotopic (exact) mass is 176 g/mol. The van der Waals surface area contributed by atoms with Gasteiger partial charge in [-0.2, -0.15) is 0 Å². The Morgan fingerprint density at radius 1 is 1.64 bits per heavy atom. The molecule has 3 heteroatoms. The molecule has 0 N–H and O–H groups in total. The second-order valence-electron chi connectivity index (χ2n) is 2.94. The summed E-state index contributed by atoms with van der Waals surface area (Å²) in [7, 11) is 0. The van der Waals surface area contributed by atoms with Crippen molar-refractivity contribution in [2.75, 3.05) is 12.5 Å². The van der Waals surface area contributed by atoms with Crippen LogP contribution >= 0.6 is 11.6 Å². The molecule has 0 atom stereocenters. The van der Waals surface area contributed by atoms with Crippen LogP contribution in [0, 0.1) is 5.41 Å². The van der Waals surface area contributed by atoms with E-state index in [0.717, 1.165) is 19.3 Å². The fourth-order valence-corrected chi connectivity index (χ4v) is 1.53. The Labute approximate surface area is 71.9 Å². The molecule has 11 heavy (non-hydrogen) atoms. The SMILES string of the molecule is CCOC(=O)C1(CCCl)CC1. The van der Waals surface area contributed by atoms with Crippen LogP contribution in [0.15, 0.2) is 0 Å². The van der Waals surface area contributed by atoms with Gasteiger partial charge in [0.05, 0.1) is 12.0 Å². The molecule has 0 radical (unpaired) electrons. The normalized spacial score (nSPS) is 19.5. The highest BCUT2D eigenvalue weighted by Gasteiger charge is 2.50. The summed E-state index contributed by atoms with van der Waals surface area (Å²) in [5, 5.41) is 0. The molecule has 0 aromatic carbocycles. The Morgan fingerprint density at radius 3 is 2.64 bits per heavy atom. The number of halogens is 1. The summed E-state index contributed by atoms with van der Waals surface area (Å²) in [5.41, 5.74) is -0.183. The first-order valence-electron chi connectivity index (χ1n) is 3.98. The van der Waals surface area contributed by atoms with Gasteiger partial charge in [0.2, 0.25) is 0 Å². The van der Waals surface area contributed by atoms with Crippen molar-refractivity contribution in [3.63, 3.8) is 0 Å². The van der Waals surface area contributed by atoms with Gasteiger partial charge in [0.1, 0.15) is 0 Å². The molecule has 0 aromatic rings. The van der Waals surface area contributed by atoms with Crippen molar-refractivity contribution in [3.8, 4) is 0 Å². The summed E-state index contributed by atoms with van der Waals surface area (Å²) in [6.45, 7) is 2.30. The smallest absolute Gasteiger partial charge is 0.312 e. The van der Waals surface area contributed by atoms with E-state index in [1.807, 2.05) is 6.92 Å². The fourth-order valence-electron chi connectivity index (χ4n) is 1.17. The highest BCUT2D eigenvalue weighted by Crippen LogP contribution is 2.49. The van der Waals surface area contributed by atoms with Gasteiger partial charge >= 0.3 is 5.97 Å². The van der Waals surface area contributed by atoms with Gasteiger partial charge in [0.25, 0.3) is 0 Å². The summed E-state index contributed by atoms with van der Waals surface area (Å²) in [4.78, 5) is 11.2. The number of hydrogen-bond donors (Lipinski definition) is 0. The van der Waals surface area contributed by atoms with Gasteiger partial charge in [-0.05, 0) is 26.2 Å². The average Bonchev–Trinajstić information content (AvgIpc) is 2.71. The van der Waals surface area contributed by atoms with E-state index in [1.165, 1.54) is 0 Å². The lowest BCUT2D eigenvalue weighted by Crippen LogP contribution is -2.19. The Bertz CT molecular complexity index is 152. The first kappa shape index (κ1) is 8.85. The van der Waals surface area contributed by atoms with Crippen LogP contribution < -0.4 is 0 Å². The van der Waals surface area contributed by atoms with E-state index >= 15 is 0 Å². The number of ether oxygens (including phenoxy) is 1. The molecule has 0 saturated heterocycles. The topological polar surface area (TPSA) is 26.3 Å². The maximum Gasteiger partial charge on any atom is 0.312 e. The van der Waals surface area contributed by atoms with E-state index in [-0.39, 0.29) is 11.4 Å². The van der Waals surface area contributed by atoms with Crippen molar-refractivity contribution in [1.82, 2.24) is 0 Å². The number of carbonyl (C=O) groups is 1. The zero-order chi connectivity index (χ0) is 8.32. The summed E-state index contributed by atoms with van der Waals surface area (Å²) in [6.07, 6.45) is 2.69. The lowest BCUT2D eigenvalue weighted by Gasteiger charge is -2.10. The number of rotatable bonds is 4. The van der Waals surface area contributed by atoms with E-state index in [0.29, 0.717) is 12.5 Å². The van der Waals surface area contributed by atoms with E-state index in [1.54, 1.807) is 0 Å². The summed E-state index contributed by atoms with van der Waals surface area (Å²) in [5.74, 6) is 0.499. The highest BCUT2D eigenvalue weighted by molar-refractivity contribution is 6.18. The first-order valence-corrected chi connectivity index (χ1v) is 4.52. The van der Waals surface area contributed by atoms with Crippen LogP contribution in [0.5, 0.6) is 0 Å². The standard InChI is InChI=1S/C8H13ClO2/c1-2-11-7(10)8(3-4-8)5-6-9/h2-6H2,1H3. The predicted octanol–water partition coefficient (Wildman–Crippen LogP) is 1.96. The molecule has 1 aliphatic carbocycles. The molecule has 1 aliphatic rings. The van der Waals surface area contributed by atoms with Gasteiger partial charge in [0.15, 0.2) is 0 Å². The molecule has 1 rings (SSSR count). The third-order valence-corrected chi connectivity index (χ3v) is 2.32. The van der Waals surface area contributed by atoms with Crippen molar-refractivity contribution in [1.29, 1.82) is 0 Å². The number of hydrogen-bond acceptors (Lipinski definition) is 2. The lowest BCUT2D eigenvalue weighted by atomic mass is 10.1. The van der Waals surface area contributed by atoms with E-state index in [2.05, 4.69) is 0 Å². The summed E-state index contributed by atoms with van der Waals surface area (Å²) in [6, 6.07) is 0. The van der Waals surface area contributed by atoms with Crippen molar-refractivity contribution in [3.05, 3.63) is 0 Å². The van der Waals surface area contributed by atoms with Crippen LogP contribution in [0.25, 0.3) is 0 Å². The fraction of sp³-hybridized carbons (Fsp3) is 0.875. The number of esters is 1. The Hall–Kier alpha value is -0.240. The molecule has 1 fully saturated rings. The minimum absolute atomic E-state index is 0.0550. The molecular formula is C8H13ClO2. The molecular weight excluding hydrogens is 164 g/mol. The second kappa shape index (κ2) is 3.44. The largest absolute Gasteiger partial charge is 0.466 e. The summed E-state index contributed by atoms with van der Waals surface area (Å²) < 4.78 is 4.92. The average molecular weight is 177 g/mol. The minimum Gasteiger partial charge on any atom is -0.466 e. The molecule has 0 unspecified atom stereocenters. The van der Waals surface area contributed by atoms with E-state index in [9.17, 15) is 4.79 Å². The molecule has 0 spiro atoms. The van der Waals surface area contributed by atoms with Gasteiger partial charge in [-0.25, -0.2) is 0 Å². The van der Waals surface area contributed by atoms with Gasteiger partial charge in [0, 0.05) is 5.88 Å². The zero-order valence-electron chi connectivity index (χ0n) is 6.73. The Balaban J connectivity index is 2.38. The minimum atomic E-state index is -0.183. The van der Waals surface area contributed by atoms with Crippen molar-refractivity contribution >= 4 is 17.6 Å². The quantitative estimate of drug-likeness (QED) is 0.484. The predicted molar refractivity (Wildman–Crippen MR) is 43.6 cm³/mol. The van der Waals surface area contributed by atoms with Crippen molar-refractivity contribution < 1.29 is 9.53 Å². The van der Waals surface area contributed by atoms with Crippen LogP contribution in [0.1, 0.15) is 26.2 Å².